The summed E-state index contributed by atoms with van der Waals surface area (Å²) < 4.78 is 1.14. The largest absolute Gasteiger partial charge is 0.370 e. The van der Waals surface area contributed by atoms with Crippen LogP contribution in [-0.4, -0.2) is 13.6 Å². The third-order valence-electron chi connectivity index (χ3n) is 3.38. The molecule has 2 rings (SSSR count). The monoisotopic (exact) mass is 366 g/mol. The normalized spacial score (nSPS) is 10.7. The standard InChI is InChI=1S/C17H20BrClN2/c1-3-20-11-14-6-9-16(10-17(14)18)21(2)12-13-4-7-15(19)8-5-13/h4-10,20H,3,11-12H2,1-2H3. The lowest BCUT2D eigenvalue weighted by atomic mass is 10.1. The molecule has 112 valence electrons. The molecule has 2 nitrogen and oxygen atoms in total. The smallest absolute Gasteiger partial charge is 0.0426 e. The van der Waals surface area contributed by atoms with Gasteiger partial charge in [-0.2, -0.15) is 0 Å². The fourth-order valence-corrected chi connectivity index (χ4v) is 2.76. The minimum atomic E-state index is 0.775. The molecule has 0 heterocycles. The maximum Gasteiger partial charge on any atom is 0.0426 e. The molecule has 1 N–H and O–H groups in total. The lowest BCUT2D eigenvalue weighted by molar-refractivity contribution is 0.724. The van der Waals surface area contributed by atoms with Gasteiger partial charge in [-0.05, 0) is 41.9 Å². The van der Waals surface area contributed by atoms with Crippen molar-refractivity contribution in [3.63, 3.8) is 0 Å². The van der Waals surface area contributed by atoms with Crippen LogP contribution in [0.3, 0.4) is 0 Å². The summed E-state index contributed by atoms with van der Waals surface area (Å²) in [5.41, 5.74) is 3.72. The lowest BCUT2D eigenvalue weighted by Crippen LogP contribution is -2.17. The Morgan fingerprint density at radius 1 is 1.14 bits per heavy atom. The molecule has 0 aromatic heterocycles. The summed E-state index contributed by atoms with van der Waals surface area (Å²) in [4.78, 5) is 2.23. The van der Waals surface area contributed by atoms with Crippen molar-refractivity contribution in [2.75, 3.05) is 18.5 Å². The first kappa shape index (κ1) is 16.3. The molecule has 4 heteroatoms. The van der Waals surface area contributed by atoms with E-state index in [0.29, 0.717) is 0 Å². The lowest BCUT2D eigenvalue weighted by Gasteiger charge is -2.20. The number of hydrogen-bond acceptors (Lipinski definition) is 2. The molecule has 2 aromatic carbocycles. The van der Waals surface area contributed by atoms with Crippen molar-refractivity contribution in [2.24, 2.45) is 0 Å². The Hall–Kier alpha value is -1.03. The molecule has 0 aliphatic rings. The van der Waals surface area contributed by atoms with Crippen molar-refractivity contribution in [1.82, 2.24) is 5.32 Å². The molecule has 0 saturated heterocycles. The minimum Gasteiger partial charge on any atom is -0.370 e. The van der Waals surface area contributed by atoms with Gasteiger partial charge in [0, 0.05) is 35.3 Å². The van der Waals surface area contributed by atoms with Crippen molar-refractivity contribution in [1.29, 1.82) is 0 Å². The van der Waals surface area contributed by atoms with E-state index in [1.807, 2.05) is 12.1 Å². The molecular weight excluding hydrogens is 348 g/mol. The highest BCUT2D eigenvalue weighted by Crippen LogP contribution is 2.25. The molecule has 0 aliphatic heterocycles. The Kier molecular flexibility index (Phi) is 6.09. The first-order valence-corrected chi connectivity index (χ1v) is 8.22. The van der Waals surface area contributed by atoms with E-state index in [1.54, 1.807) is 0 Å². The van der Waals surface area contributed by atoms with Crippen molar-refractivity contribution in [3.05, 3.63) is 63.1 Å². The molecule has 0 amide bonds. The van der Waals surface area contributed by atoms with Crippen molar-refractivity contribution >= 4 is 33.2 Å². The zero-order valence-electron chi connectivity index (χ0n) is 12.4. The molecule has 21 heavy (non-hydrogen) atoms. The molecule has 0 unspecified atom stereocenters. The van der Waals surface area contributed by atoms with Gasteiger partial charge >= 0.3 is 0 Å². The summed E-state index contributed by atoms with van der Waals surface area (Å²) in [5.74, 6) is 0. The van der Waals surface area contributed by atoms with Crippen molar-refractivity contribution < 1.29 is 0 Å². The Morgan fingerprint density at radius 2 is 1.86 bits per heavy atom. The maximum absolute atomic E-state index is 5.92. The summed E-state index contributed by atoms with van der Waals surface area (Å²) in [7, 11) is 2.10. The fourth-order valence-electron chi connectivity index (χ4n) is 2.13. The van der Waals surface area contributed by atoms with Crippen LogP contribution in [0.1, 0.15) is 18.1 Å². The van der Waals surface area contributed by atoms with Crippen LogP contribution >= 0.6 is 27.5 Å². The Labute approximate surface area is 140 Å². The molecule has 0 fully saturated rings. The average molecular weight is 368 g/mol. The first-order valence-electron chi connectivity index (χ1n) is 7.05. The van der Waals surface area contributed by atoms with Gasteiger partial charge < -0.3 is 10.2 Å². The fraction of sp³-hybridized carbons (Fsp3) is 0.294. The van der Waals surface area contributed by atoms with E-state index in [2.05, 4.69) is 70.4 Å². The summed E-state index contributed by atoms with van der Waals surface area (Å²) in [6, 6.07) is 14.5. The summed E-state index contributed by atoms with van der Waals surface area (Å²) in [6.07, 6.45) is 0. The number of nitrogens with one attached hydrogen (secondary N) is 1. The topological polar surface area (TPSA) is 15.3 Å². The van der Waals surface area contributed by atoms with Gasteiger partial charge in [0.1, 0.15) is 0 Å². The summed E-state index contributed by atoms with van der Waals surface area (Å²) in [6.45, 7) is 4.83. The first-order chi connectivity index (χ1) is 10.1. The predicted molar refractivity (Wildman–Crippen MR) is 95.1 cm³/mol. The third kappa shape index (κ3) is 4.73. The minimum absolute atomic E-state index is 0.775. The quantitative estimate of drug-likeness (QED) is 0.785. The van der Waals surface area contributed by atoms with Gasteiger partial charge in [0.25, 0.3) is 0 Å². The second kappa shape index (κ2) is 7.83. The number of anilines is 1. The number of halogens is 2. The van der Waals surface area contributed by atoms with Crippen molar-refractivity contribution in [2.45, 2.75) is 20.0 Å². The van der Waals surface area contributed by atoms with Crippen LogP contribution in [-0.2, 0) is 13.1 Å². The molecule has 0 atom stereocenters. The van der Waals surface area contributed by atoms with E-state index < -0.39 is 0 Å². The van der Waals surface area contributed by atoms with Gasteiger partial charge in [0.15, 0.2) is 0 Å². The van der Waals surface area contributed by atoms with Gasteiger partial charge in [-0.15, -0.1) is 0 Å². The van der Waals surface area contributed by atoms with E-state index in [-0.39, 0.29) is 0 Å². The zero-order chi connectivity index (χ0) is 15.2. The highest BCUT2D eigenvalue weighted by atomic mass is 79.9. The van der Waals surface area contributed by atoms with E-state index >= 15 is 0 Å². The van der Waals surface area contributed by atoms with E-state index in [9.17, 15) is 0 Å². The van der Waals surface area contributed by atoms with Crippen LogP contribution in [0.2, 0.25) is 5.02 Å². The van der Waals surface area contributed by atoms with Crippen LogP contribution < -0.4 is 10.2 Å². The van der Waals surface area contributed by atoms with Crippen LogP contribution in [0, 0.1) is 0 Å². The number of nitrogens with zero attached hydrogens (tertiary/aromatic N) is 1. The summed E-state index contributed by atoms with van der Waals surface area (Å²) in [5, 5.41) is 4.12. The molecule has 0 radical (unpaired) electrons. The molecule has 0 saturated carbocycles. The maximum atomic E-state index is 5.92. The number of benzene rings is 2. The molecule has 0 spiro atoms. The van der Waals surface area contributed by atoms with Crippen LogP contribution in [0.4, 0.5) is 5.69 Å². The third-order valence-corrected chi connectivity index (χ3v) is 4.37. The summed E-state index contributed by atoms with van der Waals surface area (Å²) >= 11 is 9.58. The van der Waals surface area contributed by atoms with Crippen LogP contribution in [0.25, 0.3) is 0 Å². The van der Waals surface area contributed by atoms with Crippen molar-refractivity contribution in [3.8, 4) is 0 Å². The highest BCUT2D eigenvalue weighted by Gasteiger charge is 2.06. The Bertz CT molecular complexity index is 584. The Balaban J connectivity index is 2.06. The highest BCUT2D eigenvalue weighted by molar-refractivity contribution is 9.10. The molecule has 0 bridgehead atoms. The van der Waals surface area contributed by atoms with Gasteiger partial charge in [0.05, 0.1) is 0 Å². The van der Waals surface area contributed by atoms with Gasteiger partial charge in [-0.1, -0.05) is 52.7 Å². The second-order valence-electron chi connectivity index (χ2n) is 5.04. The second-order valence-corrected chi connectivity index (χ2v) is 6.33. The predicted octanol–water partition coefficient (Wildman–Crippen LogP) is 4.85. The average Bonchev–Trinajstić information content (AvgIpc) is 2.48. The van der Waals surface area contributed by atoms with Crippen LogP contribution in [0.15, 0.2) is 46.9 Å². The van der Waals surface area contributed by atoms with E-state index in [4.69, 9.17) is 11.6 Å². The molecule has 2 aromatic rings. The van der Waals surface area contributed by atoms with Gasteiger partial charge in [0.2, 0.25) is 0 Å². The molecular formula is C17H20BrClN2. The molecule has 0 aliphatic carbocycles. The number of rotatable bonds is 6. The van der Waals surface area contributed by atoms with E-state index in [0.717, 1.165) is 29.1 Å². The Morgan fingerprint density at radius 3 is 2.48 bits per heavy atom. The van der Waals surface area contributed by atoms with Crippen LogP contribution in [0.5, 0.6) is 0 Å². The SMILES string of the molecule is CCNCc1ccc(N(C)Cc2ccc(Cl)cc2)cc1Br. The van der Waals surface area contributed by atoms with E-state index in [1.165, 1.54) is 16.8 Å². The van der Waals surface area contributed by atoms with Gasteiger partial charge in [-0.25, -0.2) is 0 Å². The number of hydrogen-bond donors (Lipinski definition) is 1. The van der Waals surface area contributed by atoms with Gasteiger partial charge in [-0.3, -0.25) is 0 Å². The zero-order valence-corrected chi connectivity index (χ0v) is 14.7.